The van der Waals surface area contributed by atoms with Gasteiger partial charge in [-0.25, -0.2) is 8.42 Å². The molecule has 1 saturated heterocycles. The van der Waals surface area contributed by atoms with Gasteiger partial charge in [0, 0.05) is 18.3 Å². The predicted molar refractivity (Wildman–Crippen MR) is 61.9 cm³/mol. The van der Waals surface area contributed by atoms with E-state index >= 15 is 0 Å². The van der Waals surface area contributed by atoms with Crippen LogP contribution < -0.4 is 5.32 Å². The number of hydrogen-bond donors (Lipinski definition) is 1. The highest BCUT2D eigenvalue weighted by Gasteiger charge is 2.29. The molecule has 0 amide bonds. The first-order valence-corrected chi connectivity index (χ1v) is 7.37. The summed E-state index contributed by atoms with van der Waals surface area (Å²) in [6.45, 7) is 3.76. The molecule has 1 aliphatic rings. The Bertz CT molecular complexity index is 452. The van der Waals surface area contributed by atoms with Crippen molar-refractivity contribution in [1.82, 2.24) is 15.1 Å². The van der Waals surface area contributed by atoms with Crippen molar-refractivity contribution in [3.63, 3.8) is 0 Å². The summed E-state index contributed by atoms with van der Waals surface area (Å²) in [6.07, 6.45) is 4.42. The van der Waals surface area contributed by atoms with Crippen LogP contribution in [0.4, 0.5) is 0 Å². The molecular formula is C10H17N3O2S. The lowest BCUT2D eigenvalue weighted by Gasteiger charge is -2.07. The summed E-state index contributed by atoms with van der Waals surface area (Å²) in [5, 5.41) is 7.44. The molecule has 90 valence electrons. The molecule has 16 heavy (non-hydrogen) atoms. The van der Waals surface area contributed by atoms with E-state index in [1.165, 1.54) is 0 Å². The van der Waals surface area contributed by atoms with Gasteiger partial charge >= 0.3 is 0 Å². The fourth-order valence-corrected chi connectivity index (χ4v) is 3.63. The number of nitrogens with one attached hydrogen (secondary N) is 1. The topological polar surface area (TPSA) is 64.0 Å². The van der Waals surface area contributed by atoms with Gasteiger partial charge in [-0.1, -0.05) is 6.92 Å². The molecule has 1 aromatic heterocycles. The second-order valence-corrected chi connectivity index (χ2v) is 6.39. The Morgan fingerprint density at radius 2 is 2.44 bits per heavy atom. The first-order valence-electron chi connectivity index (χ1n) is 5.55. The molecule has 0 radical (unpaired) electrons. The van der Waals surface area contributed by atoms with E-state index in [1.54, 1.807) is 10.9 Å². The van der Waals surface area contributed by atoms with E-state index < -0.39 is 9.84 Å². The minimum Gasteiger partial charge on any atom is -0.313 e. The Balaban J connectivity index is 2.02. The highest BCUT2D eigenvalue weighted by atomic mass is 32.2. The summed E-state index contributed by atoms with van der Waals surface area (Å²) >= 11 is 0. The maximum atomic E-state index is 11.3. The van der Waals surface area contributed by atoms with Crippen LogP contribution in [-0.4, -0.2) is 36.2 Å². The third-order valence-electron chi connectivity index (χ3n) is 2.82. The second kappa shape index (κ2) is 4.55. The third kappa shape index (κ3) is 2.62. The van der Waals surface area contributed by atoms with Crippen molar-refractivity contribution in [2.45, 2.75) is 25.9 Å². The van der Waals surface area contributed by atoms with E-state index in [1.807, 2.05) is 13.1 Å². The van der Waals surface area contributed by atoms with Crippen molar-refractivity contribution < 1.29 is 8.42 Å². The standard InChI is InChI=1S/C10H17N3O2S/c1-2-11-5-9-6-12-13(7-9)10-3-4-16(14,15)8-10/h6-7,10-11H,2-5,8H2,1H3. The van der Waals surface area contributed by atoms with Gasteiger partial charge in [-0.05, 0) is 13.0 Å². The zero-order chi connectivity index (χ0) is 11.6. The molecule has 1 aromatic rings. The Kier molecular flexibility index (Phi) is 3.30. The van der Waals surface area contributed by atoms with E-state index in [0.717, 1.165) is 18.7 Å². The lowest BCUT2D eigenvalue weighted by atomic mass is 10.3. The molecule has 0 bridgehead atoms. The number of sulfone groups is 1. The summed E-state index contributed by atoms with van der Waals surface area (Å²) < 4.78 is 24.5. The van der Waals surface area contributed by atoms with Gasteiger partial charge in [-0.2, -0.15) is 5.10 Å². The molecule has 1 fully saturated rings. The minimum atomic E-state index is -2.83. The second-order valence-electron chi connectivity index (χ2n) is 4.17. The lowest BCUT2D eigenvalue weighted by molar-refractivity contribution is 0.499. The molecule has 2 rings (SSSR count). The maximum absolute atomic E-state index is 11.3. The van der Waals surface area contributed by atoms with Gasteiger partial charge in [0.25, 0.3) is 0 Å². The molecule has 1 N–H and O–H groups in total. The van der Waals surface area contributed by atoms with Crippen LogP contribution in [0.15, 0.2) is 12.4 Å². The molecule has 1 unspecified atom stereocenters. The van der Waals surface area contributed by atoms with Gasteiger partial charge in [0.05, 0.1) is 23.7 Å². The van der Waals surface area contributed by atoms with E-state index in [4.69, 9.17) is 0 Å². The minimum absolute atomic E-state index is 0.0281. The molecule has 0 aliphatic carbocycles. The van der Waals surface area contributed by atoms with Crippen molar-refractivity contribution in [2.24, 2.45) is 0 Å². The monoisotopic (exact) mass is 243 g/mol. The molecule has 1 atom stereocenters. The molecular weight excluding hydrogens is 226 g/mol. The summed E-state index contributed by atoms with van der Waals surface area (Å²) in [5.74, 6) is 0.523. The van der Waals surface area contributed by atoms with Crippen LogP contribution in [0.5, 0.6) is 0 Å². The summed E-state index contributed by atoms with van der Waals surface area (Å²) in [4.78, 5) is 0. The Labute approximate surface area is 95.8 Å². The number of aromatic nitrogens is 2. The molecule has 5 nitrogen and oxygen atoms in total. The third-order valence-corrected chi connectivity index (χ3v) is 4.57. The first kappa shape index (κ1) is 11.6. The molecule has 0 aromatic carbocycles. The van der Waals surface area contributed by atoms with E-state index in [-0.39, 0.29) is 11.8 Å². The quantitative estimate of drug-likeness (QED) is 0.829. The molecule has 6 heteroatoms. The van der Waals surface area contributed by atoms with E-state index in [9.17, 15) is 8.42 Å². The summed E-state index contributed by atoms with van der Waals surface area (Å²) in [6, 6.07) is 0.0281. The average Bonchev–Trinajstić information content (AvgIpc) is 2.81. The van der Waals surface area contributed by atoms with Gasteiger partial charge in [-0.15, -0.1) is 0 Å². The van der Waals surface area contributed by atoms with Crippen molar-refractivity contribution >= 4 is 9.84 Å². The smallest absolute Gasteiger partial charge is 0.152 e. The lowest BCUT2D eigenvalue weighted by Crippen LogP contribution is -2.12. The fourth-order valence-electron chi connectivity index (χ4n) is 1.92. The maximum Gasteiger partial charge on any atom is 0.152 e. The van der Waals surface area contributed by atoms with Crippen molar-refractivity contribution in [2.75, 3.05) is 18.1 Å². The van der Waals surface area contributed by atoms with Crippen LogP contribution in [0, 0.1) is 0 Å². The van der Waals surface area contributed by atoms with Crippen LogP contribution in [0.25, 0.3) is 0 Å². The van der Waals surface area contributed by atoms with Gasteiger partial charge in [0.15, 0.2) is 9.84 Å². The van der Waals surface area contributed by atoms with Crippen LogP contribution in [-0.2, 0) is 16.4 Å². The molecule has 0 spiro atoms. The highest BCUT2D eigenvalue weighted by Crippen LogP contribution is 2.22. The Hall–Kier alpha value is -0.880. The summed E-state index contributed by atoms with van der Waals surface area (Å²) in [5.41, 5.74) is 1.10. The van der Waals surface area contributed by atoms with Crippen molar-refractivity contribution in [3.8, 4) is 0 Å². The zero-order valence-electron chi connectivity index (χ0n) is 9.39. The van der Waals surface area contributed by atoms with Crippen LogP contribution in [0.3, 0.4) is 0 Å². The largest absolute Gasteiger partial charge is 0.313 e. The van der Waals surface area contributed by atoms with E-state index in [0.29, 0.717) is 12.2 Å². The Morgan fingerprint density at radius 1 is 1.62 bits per heavy atom. The first-order chi connectivity index (χ1) is 7.61. The van der Waals surface area contributed by atoms with Crippen LogP contribution in [0.2, 0.25) is 0 Å². The highest BCUT2D eigenvalue weighted by molar-refractivity contribution is 7.91. The summed E-state index contributed by atoms with van der Waals surface area (Å²) in [7, 11) is -2.83. The van der Waals surface area contributed by atoms with Gasteiger partial charge < -0.3 is 5.32 Å². The molecule has 0 saturated carbocycles. The van der Waals surface area contributed by atoms with Crippen LogP contribution in [0.1, 0.15) is 24.9 Å². The Morgan fingerprint density at radius 3 is 3.06 bits per heavy atom. The number of rotatable bonds is 4. The normalized spacial score (nSPS) is 23.7. The molecule has 1 aliphatic heterocycles. The van der Waals surface area contributed by atoms with Crippen molar-refractivity contribution in [3.05, 3.63) is 18.0 Å². The fraction of sp³-hybridized carbons (Fsp3) is 0.700. The molecule has 2 heterocycles. The van der Waals surface area contributed by atoms with Gasteiger partial charge in [0.2, 0.25) is 0 Å². The SMILES string of the molecule is CCNCc1cnn(C2CCS(=O)(=O)C2)c1. The van der Waals surface area contributed by atoms with E-state index in [2.05, 4.69) is 10.4 Å². The van der Waals surface area contributed by atoms with Crippen molar-refractivity contribution in [1.29, 1.82) is 0 Å². The predicted octanol–water partition coefficient (Wildman–Crippen LogP) is 0.352. The van der Waals surface area contributed by atoms with Gasteiger partial charge in [-0.3, -0.25) is 4.68 Å². The van der Waals surface area contributed by atoms with Crippen LogP contribution >= 0.6 is 0 Å². The van der Waals surface area contributed by atoms with Gasteiger partial charge in [0.1, 0.15) is 0 Å². The number of nitrogens with zero attached hydrogens (tertiary/aromatic N) is 2. The zero-order valence-corrected chi connectivity index (χ0v) is 10.2. The average molecular weight is 243 g/mol. The number of hydrogen-bond acceptors (Lipinski definition) is 4.